The largest absolute Gasteiger partial charge is 0.313 e. The molecular weight excluding hydrogens is 192 g/mol. The third-order valence-corrected chi connectivity index (χ3v) is 2.45. The van der Waals surface area contributed by atoms with Crippen LogP contribution in [-0.4, -0.2) is 28.3 Å². The van der Waals surface area contributed by atoms with Crippen LogP contribution in [0.5, 0.6) is 0 Å². The number of aryl methyl sites for hydroxylation is 1. The van der Waals surface area contributed by atoms with Gasteiger partial charge in [-0.05, 0) is 12.8 Å². The van der Waals surface area contributed by atoms with Crippen LogP contribution in [0.3, 0.4) is 0 Å². The first-order chi connectivity index (χ1) is 7.25. The van der Waals surface area contributed by atoms with Crippen LogP contribution in [0, 0.1) is 0 Å². The molecule has 82 valence electrons. The number of nitrogens with one attached hydrogen (secondary N) is 2. The van der Waals surface area contributed by atoms with Crippen LogP contribution in [0.25, 0.3) is 0 Å². The summed E-state index contributed by atoms with van der Waals surface area (Å²) in [5.74, 6) is 0.776. The summed E-state index contributed by atoms with van der Waals surface area (Å²) in [5, 5.41) is 10.1. The smallest absolute Gasteiger partial charge is 0.226 e. The molecule has 1 fully saturated rings. The van der Waals surface area contributed by atoms with E-state index in [0.717, 1.165) is 12.4 Å². The normalized spacial score (nSPS) is 15.3. The van der Waals surface area contributed by atoms with E-state index in [-0.39, 0.29) is 5.91 Å². The molecule has 5 nitrogen and oxygen atoms in total. The van der Waals surface area contributed by atoms with Crippen molar-refractivity contribution in [3.05, 3.63) is 12.3 Å². The molecule has 0 aromatic carbocycles. The minimum absolute atomic E-state index is 0.0340. The lowest BCUT2D eigenvalue weighted by atomic mass is 10.4. The third-order valence-electron chi connectivity index (χ3n) is 2.45. The van der Waals surface area contributed by atoms with Crippen LogP contribution in [0.1, 0.15) is 19.3 Å². The molecule has 1 heterocycles. The average Bonchev–Trinajstić information content (AvgIpc) is 2.93. The molecule has 0 saturated heterocycles. The predicted octanol–water partition coefficient (Wildman–Crippen LogP) is 0.501. The van der Waals surface area contributed by atoms with E-state index in [1.165, 1.54) is 12.8 Å². The van der Waals surface area contributed by atoms with Gasteiger partial charge in [-0.3, -0.25) is 9.48 Å². The predicted molar refractivity (Wildman–Crippen MR) is 57.5 cm³/mol. The highest BCUT2D eigenvalue weighted by Gasteiger charge is 2.20. The second kappa shape index (κ2) is 4.44. The van der Waals surface area contributed by atoms with E-state index in [1.54, 1.807) is 24.0 Å². The molecular formula is C10H16N4O. The fourth-order valence-electron chi connectivity index (χ4n) is 1.38. The average molecular weight is 208 g/mol. The van der Waals surface area contributed by atoms with Crippen molar-refractivity contribution >= 4 is 11.7 Å². The number of amides is 1. The molecule has 0 atom stereocenters. The van der Waals surface area contributed by atoms with Crippen LogP contribution in [-0.2, 0) is 11.8 Å². The van der Waals surface area contributed by atoms with Crippen molar-refractivity contribution in [1.82, 2.24) is 15.1 Å². The maximum absolute atomic E-state index is 11.5. The zero-order valence-corrected chi connectivity index (χ0v) is 8.86. The molecule has 5 heteroatoms. The molecule has 0 unspecified atom stereocenters. The Bertz CT molecular complexity index is 343. The standard InChI is InChI=1S/C10H16N4O/c1-14-9(4-7-12-14)13-10(15)5-6-11-8-2-3-8/h4,7-8,11H,2-3,5-6H2,1H3,(H,13,15). The van der Waals surface area contributed by atoms with E-state index in [0.29, 0.717) is 12.5 Å². The minimum atomic E-state index is 0.0340. The first-order valence-electron chi connectivity index (χ1n) is 5.27. The van der Waals surface area contributed by atoms with E-state index < -0.39 is 0 Å². The topological polar surface area (TPSA) is 59.0 Å². The van der Waals surface area contributed by atoms with Crippen molar-refractivity contribution < 1.29 is 4.79 Å². The van der Waals surface area contributed by atoms with Crippen LogP contribution < -0.4 is 10.6 Å². The van der Waals surface area contributed by atoms with E-state index in [1.807, 2.05) is 0 Å². The van der Waals surface area contributed by atoms with Gasteiger partial charge in [-0.25, -0.2) is 0 Å². The minimum Gasteiger partial charge on any atom is -0.313 e. The summed E-state index contributed by atoms with van der Waals surface area (Å²) < 4.78 is 1.65. The van der Waals surface area contributed by atoms with Gasteiger partial charge in [0.05, 0.1) is 6.20 Å². The molecule has 2 rings (SSSR count). The van der Waals surface area contributed by atoms with E-state index in [2.05, 4.69) is 15.7 Å². The van der Waals surface area contributed by atoms with Gasteiger partial charge in [0.2, 0.25) is 5.91 Å². The SMILES string of the molecule is Cn1nccc1NC(=O)CCNC1CC1. The van der Waals surface area contributed by atoms with Gasteiger partial charge in [0.15, 0.2) is 0 Å². The summed E-state index contributed by atoms with van der Waals surface area (Å²) in [4.78, 5) is 11.5. The Morgan fingerprint density at radius 3 is 3.07 bits per heavy atom. The Hall–Kier alpha value is -1.36. The summed E-state index contributed by atoms with van der Waals surface area (Å²) in [7, 11) is 1.80. The highest BCUT2D eigenvalue weighted by Crippen LogP contribution is 2.18. The molecule has 15 heavy (non-hydrogen) atoms. The molecule has 1 amide bonds. The zero-order valence-electron chi connectivity index (χ0n) is 8.86. The Labute approximate surface area is 88.8 Å². The Balaban J connectivity index is 1.69. The molecule has 1 aliphatic carbocycles. The molecule has 0 aliphatic heterocycles. The summed E-state index contributed by atoms with van der Waals surface area (Å²) in [5.41, 5.74) is 0. The Morgan fingerprint density at radius 2 is 2.47 bits per heavy atom. The first kappa shape index (κ1) is 10.2. The lowest BCUT2D eigenvalue weighted by Crippen LogP contribution is -2.23. The molecule has 0 spiro atoms. The molecule has 1 aliphatic rings. The number of rotatable bonds is 5. The van der Waals surface area contributed by atoms with Crippen molar-refractivity contribution in [3.63, 3.8) is 0 Å². The van der Waals surface area contributed by atoms with Gasteiger partial charge >= 0.3 is 0 Å². The molecule has 2 N–H and O–H groups in total. The Kier molecular flexibility index (Phi) is 3.01. The van der Waals surface area contributed by atoms with Crippen LogP contribution in [0.2, 0.25) is 0 Å². The molecule has 1 aromatic heterocycles. The summed E-state index contributed by atoms with van der Waals surface area (Å²) in [6.45, 7) is 0.758. The number of nitrogens with zero attached hydrogens (tertiary/aromatic N) is 2. The number of anilines is 1. The van der Waals surface area contributed by atoms with Crippen molar-refractivity contribution in [2.75, 3.05) is 11.9 Å². The van der Waals surface area contributed by atoms with Crippen molar-refractivity contribution in [2.45, 2.75) is 25.3 Å². The molecule has 0 radical (unpaired) electrons. The highest BCUT2D eigenvalue weighted by atomic mass is 16.1. The monoisotopic (exact) mass is 208 g/mol. The summed E-state index contributed by atoms with van der Waals surface area (Å²) in [6, 6.07) is 2.45. The number of aromatic nitrogens is 2. The van der Waals surface area contributed by atoms with E-state index >= 15 is 0 Å². The lowest BCUT2D eigenvalue weighted by molar-refractivity contribution is -0.116. The van der Waals surface area contributed by atoms with Gasteiger partial charge in [0, 0.05) is 32.1 Å². The summed E-state index contributed by atoms with van der Waals surface area (Å²) >= 11 is 0. The van der Waals surface area contributed by atoms with Gasteiger partial charge in [-0.15, -0.1) is 0 Å². The quantitative estimate of drug-likeness (QED) is 0.741. The van der Waals surface area contributed by atoms with Crippen LogP contribution in [0.15, 0.2) is 12.3 Å². The highest BCUT2D eigenvalue weighted by molar-refractivity contribution is 5.89. The van der Waals surface area contributed by atoms with Crippen LogP contribution in [0.4, 0.5) is 5.82 Å². The van der Waals surface area contributed by atoms with Gasteiger partial charge in [-0.1, -0.05) is 0 Å². The molecule has 0 bridgehead atoms. The second-order valence-electron chi connectivity index (χ2n) is 3.87. The fraction of sp³-hybridized carbons (Fsp3) is 0.600. The van der Waals surface area contributed by atoms with Gasteiger partial charge in [0.25, 0.3) is 0 Å². The first-order valence-corrected chi connectivity index (χ1v) is 5.27. The fourth-order valence-corrected chi connectivity index (χ4v) is 1.38. The van der Waals surface area contributed by atoms with Crippen molar-refractivity contribution in [1.29, 1.82) is 0 Å². The van der Waals surface area contributed by atoms with Gasteiger partial charge in [0.1, 0.15) is 5.82 Å². The number of carbonyl (C=O) groups is 1. The maximum Gasteiger partial charge on any atom is 0.226 e. The van der Waals surface area contributed by atoms with Crippen molar-refractivity contribution in [2.24, 2.45) is 7.05 Å². The lowest BCUT2D eigenvalue weighted by Gasteiger charge is -2.05. The zero-order chi connectivity index (χ0) is 10.7. The van der Waals surface area contributed by atoms with Gasteiger partial charge < -0.3 is 10.6 Å². The maximum atomic E-state index is 11.5. The molecule has 1 aromatic rings. The third kappa shape index (κ3) is 3.06. The second-order valence-corrected chi connectivity index (χ2v) is 3.87. The Morgan fingerprint density at radius 1 is 1.67 bits per heavy atom. The summed E-state index contributed by atoms with van der Waals surface area (Å²) in [6.07, 6.45) is 4.69. The van der Waals surface area contributed by atoms with E-state index in [4.69, 9.17) is 0 Å². The number of hydrogen-bond acceptors (Lipinski definition) is 3. The van der Waals surface area contributed by atoms with Crippen molar-refractivity contribution in [3.8, 4) is 0 Å². The van der Waals surface area contributed by atoms with Gasteiger partial charge in [-0.2, -0.15) is 5.10 Å². The number of hydrogen-bond donors (Lipinski definition) is 2. The van der Waals surface area contributed by atoms with Crippen LogP contribution >= 0.6 is 0 Å². The number of carbonyl (C=O) groups excluding carboxylic acids is 1. The van der Waals surface area contributed by atoms with E-state index in [9.17, 15) is 4.79 Å². The molecule has 1 saturated carbocycles.